The van der Waals surface area contributed by atoms with Gasteiger partial charge in [-0.25, -0.2) is 4.98 Å². The Morgan fingerprint density at radius 3 is 2.62 bits per heavy atom. The van der Waals surface area contributed by atoms with Crippen LogP contribution in [0.3, 0.4) is 0 Å². The maximum absolute atomic E-state index is 11.1. The number of aryl methyl sites for hydroxylation is 1. The summed E-state index contributed by atoms with van der Waals surface area (Å²) in [7, 11) is 3.09. The average Bonchev–Trinajstić information content (AvgIpc) is 2.77. The normalized spacial score (nSPS) is 10.3. The molecule has 1 heterocycles. The van der Waals surface area contributed by atoms with Crippen LogP contribution in [0, 0.1) is 6.92 Å². The van der Waals surface area contributed by atoms with Crippen LogP contribution in [0.25, 0.3) is 10.4 Å². The number of ether oxygens (including phenoxy) is 2. The lowest BCUT2D eigenvalue weighted by Gasteiger charge is -2.11. The third kappa shape index (κ3) is 3.28. The summed E-state index contributed by atoms with van der Waals surface area (Å²) in [5.41, 5.74) is 1.68. The summed E-state index contributed by atoms with van der Waals surface area (Å²) < 4.78 is 10.5. The van der Waals surface area contributed by atoms with Crippen LogP contribution in [-0.4, -0.2) is 25.1 Å². The van der Waals surface area contributed by atoms with Crippen molar-refractivity contribution < 1.29 is 14.3 Å². The molecule has 1 aromatic heterocycles. The van der Waals surface area contributed by atoms with E-state index in [4.69, 9.17) is 21.1 Å². The maximum atomic E-state index is 11.1. The second-order valence-corrected chi connectivity index (χ2v) is 5.71. The van der Waals surface area contributed by atoms with Crippen LogP contribution in [0.2, 0.25) is 5.02 Å². The van der Waals surface area contributed by atoms with Gasteiger partial charge in [-0.05, 0) is 24.6 Å². The molecule has 0 saturated heterocycles. The molecule has 1 aromatic carbocycles. The van der Waals surface area contributed by atoms with Crippen LogP contribution in [0.4, 0.5) is 5.13 Å². The number of nitrogens with zero attached hydrogens (tertiary/aromatic N) is 1. The molecule has 5 nitrogen and oxygen atoms in total. The Kier molecular flexibility index (Phi) is 4.69. The van der Waals surface area contributed by atoms with Crippen molar-refractivity contribution in [2.24, 2.45) is 0 Å². The highest BCUT2D eigenvalue weighted by molar-refractivity contribution is 7.19. The number of amides is 1. The fourth-order valence-electron chi connectivity index (χ4n) is 1.92. The van der Waals surface area contributed by atoms with E-state index in [1.807, 2.05) is 13.0 Å². The van der Waals surface area contributed by atoms with E-state index in [0.29, 0.717) is 21.7 Å². The highest BCUT2D eigenvalue weighted by atomic mass is 35.5. The molecule has 0 unspecified atom stereocenters. The Hall–Kier alpha value is -1.79. The number of hydrogen-bond acceptors (Lipinski definition) is 5. The highest BCUT2D eigenvalue weighted by Gasteiger charge is 2.16. The highest BCUT2D eigenvalue weighted by Crippen LogP contribution is 2.42. The standard InChI is InChI=1S/C14H15ClN2O3S/c1-7-13(21-14(16-7)17-8(2)18)9-5-10(15)12(20-4)11(6-9)19-3/h5-6H,1-4H3,(H,16,17,18). The molecule has 0 saturated carbocycles. The van der Waals surface area contributed by atoms with Gasteiger partial charge in [0.1, 0.15) is 0 Å². The van der Waals surface area contributed by atoms with E-state index in [1.165, 1.54) is 25.4 Å². The first-order valence-electron chi connectivity index (χ1n) is 6.13. The SMILES string of the molecule is COc1cc(-c2sc(NC(C)=O)nc2C)cc(Cl)c1OC. The van der Waals surface area contributed by atoms with Crippen LogP contribution in [0.1, 0.15) is 12.6 Å². The molecular weight excluding hydrogens is 312 g/mol. The van der Waals surface area contributed by atoms with E-state index in [-0.39, 0.29) is 5.91 Å². The minimum absolute atomic E-state index is 0.152. The molecule has 1 amide bonds. The third-order valence-electron chi connectivity index (χ3n) is 2.78. The van der Waals surface area contributed by atoms with Gasteiger partial charge in [-0.15, -0.1) is 0 Å². The van der Waals surface area contributed by atoms with E-state index >= 15 is 0 Å². The summed E-state index contributed by atoms with van der Waals surface area (Å²) in [4.78, 5) is 16.4. The van der Waals surface area contributed by atoms with Crippen molar-refractivity contribution in [2.75, 3.05) is 19.5 Å². The molecule has 0 radical (unpaired) electrons. The van der Waals surface area contributed by atoms with Crippen molar-refractivity contribution in [1.82, 2.24) is 4.98 Å². The first-order chi connectivity index (χ1) is 9.96. The predicted octanol–water partition coefficient (Wildman–Crippen LogP) is 3.75. The Labute approximate surface area is 131 Å². The molecule has 0 aliphatic carbocycles. The fourth-order valence-corrected chi connectivity index (χ4v) is 3.20. The van der Waals surface area contributed by atoms with Crippen LogP contribution in [0.15, 0.2) is 12.1 Å². The van der Waals surface area contributed by atoms with E-state index in [0.717, 1.165) is 16.1 Å². The summed E-state index contributed by atoms with van der Waals surface area (Å²) >= 11 is 7.60. The Morgan fingerprint density at radius 2 is 2.05 bits per heavy atom. The first-order valence-corrected chi connectivity index (χ1v) is 7.32. The molecule has 0 aliphatic heterocycles. The van der Waals surface area contributed by atoms with Crippen molar-refractivity contribution in [1.29, 1.82) is 0 Å². The molecule has 2 aromatic rings. The second-order valence-electron chi connectivity index (χ2n) is 4.31. The van der Waals surface area contributed by atoms with Gasteiger partial charge in [-0.2, -0.15) is 0 Å². The molecule has 112 valence electrons. The first kappa shape index (κ1) is 15.6. The number of thiazole rings is 1. The smallest absolute Gasteiger partial charge is 0.223 e. The topological polar surface area (TPSA) is 60.5 Å². The molecule has 0 fully saturated rings. The van der Waals surface area contributed by atoms with Gasteiger partial charge in [0.2, 0.25) is 5.91 Å². The van der Waals surface area contributed by atoms with E-state index in [1.54, 1.807) is 13.2 Å². The lowest BCUT2D eigenvalue weighted by atomic mass is 10.1. The van der Waals surface area contributed by atoms with Gasteiger partial charge in [0.05, 0.1) is 29.8 Å². The molecule has 0 aliphatic rings. The quantitative estimate of drug-likeness (QED) is 0.929. The third-order valence-corrected chi connectivity index (χ3v) is 4.18. The summed E-state index contributed by atoms with van der Waals surface area (Å²) in [5.74, 6) is 0.890. The molecule has 0 spiro atoms. The predicted molar refractivity (Wildman–Crippen MR) is 84.7 cm³/mol. The molecule has 7 heteroatoms. The second kappa shape index (κ2) is 6.32. The molecule has 0 bridgehead atoms. The number of carbonyl (C=O) groups is 1. The van der Waals surface area contributed by atoms with Gasteiger partial charge in [0.25, 0.3) is 0 Å². The number of anilines is 1. The Bertz CT molecular complexity index is 685. The van der Waals surface area contributed by atoms with Gasteiger partial charge in [-0.1, -0.05) is 22.9 Å². The van der Waals surface area contributed by atoms with Crippen LogP contribution < -0.4 is 14.8 Å². The minimum Gasteiger partial charge on any atom is -0.493 e. The molecule has 1 N–H and O–H groups in total. The number of methoxy groups -OCH3 is 2. The van der Waals surface area contributed by atoms with Crippen LogP contribution in [0.5, 0.6) is 11.5 Å². The molecule has 0 atom stereocenters. The molecular formula is C14H15ClN2O3S. The van der Waals surface area contributed by atoms with E-state index < -0.39 is 0 Å². The van der Waals surface area contributed by atoms with Gasteiger partial charge in [0.15, 0.2) is 16.6 Å². The van der Waals surface area contributed by atoms with Crippen molar-refractivity contribution >= 4 is 34.0 Å². The van der Waals surface area contributed by atoms with Gasteiger partial charge in [0, 0.05) is 6.92 Å². The fraction of sp³-hybridized carbons (Fsp3) is 0.286. The number of rotatable bonds is 4. The summed E-state index contributed by atoms with van der Waals surface area (Å²) in [6.07, 6.45) is 0. The van der Waals surface area contributed by atoms with Gasteiger partial charge in [-0.3, -0.25) is 4.79 Å². The van der Waals surface area contributed by atoms with Gasteiger partial charge < -0.3 is 14.8 Å². The summed E-state index contributed by atoms with van der Waals surface area (Å²) in [6.45, 7) is 3.32. The van der Waals surface area contributed by atoms with E-state index in [9.17, 15) is 4.79 Å². The zero-order chi connectivity index (χ0) is 15.6. The van der Waals surface area contributed by atoms with Crippen LogP contribution >= 0.6 is 22.9 Å². The van der Waals surface area contributed by atoms with Gasteiger partial charge >= 0.3 is 0 Å². The zero-order valence-electron chi connectivity index (χ0n) is 12.1. The number of benzene rings is 1. The number of hydrogen-bond donors (Lipinski definition) is 1. The Balaban J connectivity index is 2.49. The maximum Gasteiger partial charge on any atom is 0.223 e. The summed E-state index contributed by atoms with van der Waals surface area (Å²) in [6, 6.07) is 3.63. The summed E-state index contributed by atoms with van der Waals surface area (Å²) in [5, 5.41) is 3.70. The van der Waals surface area contributed by atoms with Crippen molar-refractivity contribution in [3.05, 3.63) is 22.8 Å². The Morgan fingerprint density at radius 1 is 1.33 bits per heavy atom. The van der Waals surface area contributed by atoms with E-state index in [2.05, 4.69) is 10.3 Å². The van der Waals surface area contributed by atoms with Crippen molar-refractivity contribution in [2.45, 2.75) is 13.8 Å². The zero-order valence-corrected chi connectivity index (χ0v) is 13.7. The number of nitrogens with one attached hydrogen (secondary N) is 1. The number of halogens is 1. The molecule has 21 heavy (non-hydrogen) atoms. The van der Waals surface area contributed by atoms with Crippen LogP contribution in [-0.2, 0) is 4.79 Å². The lowest BCUT2D eigenvalue weighted by Crippen LogP contribution is -2.04. The number of aromatic nitrogens is 1. The average molecular weight is 327 g/mol. The van der Waals surface area contributed by atoms with Crippen molar-refractivity contribution in [3.63, 3.8) is 0 Å². The monoisotopic (exact) mass is 326 g/mol. The largest absolute Gasteiger partial charge is 0.493 e. The number of carbonyl (C=O) groups excluding carboxylic acids is 1. The van der Waals surface area contributed by atoms with Crippen molar-refractivity contribution in [3.8, 4) is 21.9 Å². The lowest BCUT2D eigenvalue weighted by molar-refractivity contribution is -0.114. The molecule has 2 rings (SSSR count). The minimum atomic E-state index is -0.152.